The highest BCUT2D eigenvalue weighted by Crippen LogP contribution is 2.40. The van der Waals surface area contributed by atoms with Gasteiger partial charge in [0.2, 0.25) is 0 Å². The number of amides is 1. The molecule has 0 saturated carbocycles. The molecule has 2 aromatic carbocycles. The van der Waals surface area contributed by atoms with Crippen molar-refractivity contribution in [3.63, 3.8) is 0 Å². The number of benzene rings is 2. The molecule has 3 aromatic rings. The lowest BCUT2D eigenvalue weighted by atomic mass is 9.96. The third-order valence-electron chi connectivity index (χ3n) is 5.32. The molecule has 0 bridgehead atoms. The Balaban J connectivity index is 1.80. The number of nitrogens with zero attached hydrogens (tertiary/aromatic N) is 2. The van der Waals surface area contributed by atoms with Crippen LogP contribution in [0.5, 0.6) is 5.75 Å². The number of carbonyl (C=O) groups excluding carboxylic acids is 2. The molecule has 1 fully saturated rings. The van der Waals surface area contributed by atoms with Crippen LogP contribution in [-0.2, 0) is 16.1 Å². The summed E-state index contributed by atoms with van der Waals surface area (Å²) in [7, 11) is 0. The number of hydrogen-bond acceptors (Lipinski definition) is 5. The maximum absolute atomic E-state index is 13.1. The number of aliphatic hydroxyl groups excluding tert-OH is 1. The zero-order chi connectivity index (χ0) is 22.5. The second-order valence-electron chi connectivity index (χ2n) is 7.58. The molecule has 1 unspecified atom stereocenters. The zero-order valence-corrected chi connectivity index (χ0v) is 17.8. The highest BCUT2D eigenvalue weighted by atomic mass is 16.5. The van der Waals surface area contributed by atoms with Gasteiger partial charge in [0.15, 0.2) is 0 Å². The molecule has 32 heavy (non-hydrogen) atoms. The van der Waals surface area contributed by atoms with E-state index in [0.29, 0.717) is 23.5 Å². The van der Waals surface area contributed by atoms with Crippen LogP contribution in [0.25, 0.3) is 5.76 Å². The Morgan fingerprint density at radius 3 is 2.59 bits per heavy atom. The molecule has 0 aliphatic carbocycles. The van der Waals surface area contributed by atoms with Crippen LogP contribution in [-0.4, -0.2) is 33.3 Å². The fourth-order valence-corrected chi connectivity index (χ4v) is 3.82. The van der Waals surface area contributed by atoms with Crippen molar-refractivity contribution in [1.29, 1.82) is 0 Å². The van der Waals surface area contributed by atoms with E-state index >= 15 is 0 Å². The van der Waals surface area contributed by atoms with Gasteiger partial charge >= 0.3 is 0 Å². The summed E-state index contributed by atoms with van der Waals surface area (Å²) < 4.78 is 5.66. The Hall–Kier alpha value is -3.93. The molecule has 0 spiro atoms. The first-order chi connectivity index (χ1) is 15.6. The summed E-state index contributed by atoms with van der Waals surface area (Å²) in [6.07, 6.45) is 4.09. The number of ether oxygens (including phenoxy) is 1. The van der Waals surface area contributed by atoms with Crippen LogP contribution in [0, 0.1) is 0 Å². The number of aromatic nitrogens is 1. The van der Waals surface area contributed by atoms with Crippen molar-refractivity contribution in [2.24, 2.45) is 0 Å². The van der Waals surface area contributed by atoms with Crippen LogP contribution in [0.15, 0.2) is 84.7 Å². The first kappa shape index (κ1) is 21.3. The van der Waals surface area contributed by atoms with Gasteiger partial charge in [-0.15, -0.1) is 0 Å². The first-order valence-corrected chi connectivity index (χ1v) is 10.6. The number of hydrogen-bond donors (Lipinski definition) is 1. The average molecular weight is 428 g/mol. The van der Waals surface area contributed by atoms with Gasteiger partial charge in [0.1, 0.15) is 11.5 Å². The van der Waals surface area contributed by atoms with Gasteiger partial charge in [-0.3, -0.25) is 14.6 Å². The zero-order valence-electron chi connectivity index (χ0n) is 17.8. The normalized spacial score (nSPS) is 17.5. The summed E-state index contributed by atoms with van der Waals surface area (Å²) in [5, 5.41) is 11.2. The van der Waals surface area contributed by atoms with E-state index in [2.05, 4.69) is 4.98 Å². The fraction of sp³-hybridized carbons (Fsp3) is 0.192. The number of pyridine rings is 1. The van der Waals surface area contributed by atoms with Crippen LogP contribution in [0.2, 0.25) is 0 Å². The van der Waals surface area contributed by atoms with Crippen molar-refractivity contribution in [1.82, 2.24) is 9.88 Å². The lowest BCUT2D eigenvalue weighted by Gasteiger charge is -2.25. The van der Waals surface area contributed by atoms with Crippen LogP contribution >= 0.6 is 0 Å². The van der Waals surface area contributed by atoms with Crippen molar-refractivity contribution in [3.05, 3.63) is 101 Å². The lowest BCUT2D eigenvalue weighted by Crippen LogP contribution is -2.29. The molecule has 1 saturated heterocycles. The Bertz CT molecular complexity index is 1140. The van der Waals surface area contributed by atoms with Crippen LogP contribution in [0.1, 0.15) is 36.1 Å². The largest absolute Gasteiger partial charge is 0.507 e. The summed E-state index contributed by atoms with van der Waals surface area (Å²) in [5.74, 6) is -1.00. The minimum absolute atomic E-state index is 0.0478. The molecule has 6 heteroatoms. The smallest absolute Gasteiger partial charge is 0.295 e. The molecule has 1 aromatic heterocycles. The summed E-state index contributed by atoms with van der Waals surface area (Å²) in [5.41, 5.74) is 2.01. The van der Waals surface area contributed by atoms with E-state index in [0.717, 1.165) is 12.0 Å². The Morgan fingerprint density at radius 1 is 1.06 bits per heavy atom. The topological polar surface area (TPSA) is 79.7 Å². The molecule has 1 amide bonds. The van der Waals surface area contributed by atoms with E-state index in [1.54, 1.807) is 48.8 Å². The number of Topliss-reactive ketones (excluding diaryl/α,β-unsaturated/α-hetero) is 1. The minimum Gasteiger partial charge on any atom is -0.507 e. The highest BCUT2D eigenvalue weighted by Gasteiger charge is 2.46. The molecular formula is C26H24N2O4. The van der Waals surface area contributed by atoms with Gasteiger partial charge in [-0.25, -0.2) is 0 Å². The summed E-state index contributed by atoms with van der Waals surface area (Å²) >= 11 is 0. The predicted molar refractivity (Wildman–Crippen MR) is 121 cm³/mol. The standard InChI is InChI=1S/C26H24N2O4/c1-2-14-32-21-12-6-10-19(15-21)24(29)22-23(20-11-7-13-27-16-20)28(26(31)25(22)30)17-18-8-4-3-5-9-18/h3-13,15-16,23,29H,2,14,17H2,1H3. The minimum atomic E-state index is -0.746. The molecule has 1 atom stereocenters. The summed E-state index contributed by atoms with van der Waals surface area (Å²) in [6.45, 7) is 2.79. The van der Waals surface area contributed by atoms with E-state index in [1.807, 2.05) is 37.3 Å². The van der Waals surface area contributed by atoms with Gasteiger partial charge in [-0.1, -0.05) is 55.5 Å². The quantitative estimate of drug-likeness (QED) is 0.341. The second kappa shape index (κ2) is 9.47. The molecule has 6 nitrogen and oxygen atoms in total. The Morgan fingerprint density at radius 2 is 1.88 bits per heavy atom. The van der Waals surface area contributed by atoms with Crippen molar-refractivity contribution >= 4 is 17.4 Å². The van der Waals surface area contributed by atoms with E-state index in [-0.39, 0.29) is 17.9 Å². The molecule has 0 radical (unpaired) electrons. The van der Waals surface area contributed by atoms with Crippen LogP contribution in [0.3, 0.4) is 0 Å². The first-order valence-electron chi connectivity index (χ1n) is 10.6. The summed E-state index contributed by atoms with van der Waals surface area (Å²) in [6, 6.07) is 19.2. The lowest BCUT2D eigenvalue weighted by molar-refractivity contribution is -0.140. The molecular weight excluding hydrogens is 404 g/mol. The predicted octanol–water partition coefficient (Wildman–Crippen LogP) is 4.49. The van der Waals surface area contributed by atoms with E-state index in [4.69, 9.17) is 4.74 Å². The maximum atomic E-state index is 13.1. The van der Waals surface area contributed by atoms with Gasteiger partial charge in [0.05, 0.1) is 18.2 Å². The van der Waals surface area contributed by atoms with Crippen molar-refractivity contribution < 1.29 is 19.4 Å². The molecule has 1 aliphatic rings. The van der Waals surface area contributed by atoms with Crippen molar-refractivity contribution in [3.8, 4) is 5.75 Å². The second-order valence-corrected chi connectivity index (χ2v) is 7.58. The number of likely N-dealkylation sites (tertiary alicyclic amines) is 1. The monoisotopic (exact) mass is 428 g/mol. The van der Waals surface area contributed by atoms with Crippen LogP contribution in [0.4, 0.5) is 0 Å². The van der Waals surface area contributed by atoms with Crippen LogP contribution < -0.4 is 4.74 Å². The van der Waals surface area contributed by atoms with E-state index < -0.39 is 17.7 Å². The van der Waals surface area contributed by atoms with E-state index in [1.165, 1.54) is 4.90 Å². The van der Waals surface area contributed by atoms with Gasteiger partial charge in [0.25, 0.3) is 11.7 Å². The van der Waals surface area contributed by atoms with E-state index in [9.17, 15) is 14.7 Å². The van der Waals surface area contributed by atoms with Gasteiger partial charge in [0, 0.05) is 24.5 Å². The van der Waals surface area contributed by atoms with Crippen molar-refractivity contribution in [2.45, 2.75) is 25.9 Å². The molecule has 1 N–H and O–H groups in total. The highest BCUT2D eigenvalue weighted by molar-refractivity contribution is 6.46. The number of ketones is 1. The van der Waals surface area contributed by atoms with Gasteiger partial charge < -0.3 is 14.7 Å². The molecule has 2 heterocycles. The molecule has 1 aliphatic heterocycles. The third kappa shape index (κ3) is 4.25. The number of rotatable bonds is 7. The third-order valence-corrected chi connectivity index (χ3v) is 5.32. The Kier molecular flexibility index (Phi) is 6.31. The SMILES string of the molecule is CCCOc1cccc(C(O)=C2C(=O)C(=O)N(Cc3ccccc3)C2c2cccnc2)c1. The van der Waals surface area contributed by atoms with Crippen molar-refractivity contribution in [2.75, 3.05) is 6.61 Å². The van der Waals surface area contributed by atoms with Gasteiger partial charge in [-0.2, -0.15) is 0 Å². The Labute approximate surface area is 186 Å². The average Bonchev–Trinajstić information content (AvgIpc) is 3.08. The molecule has 4 rings (SSSR count). The maximum Gasteiger partial charge on any atom is 0.295 e. The van der Waals surface area contributed by atoms with Gasteiger partial charge in [-0.05, 0) is 35.7 Å². The fourth-order valence-electron chi connectivity index (χ4n) is 3.82. The summed E-state index contributed by atoms with van der Waals surface area (Å²) in [4.78, 5) is 31.8. The number of carbonyl (C=O) groups is 2. The number of aliphatic hydroxyl groups is 1. The molecule has 162 valence electrons.